The van der Waals surface area contributed by atoms with E-state index in [-0.39, 0.29) is 21.7 Å². The lowest BCUT2D eigenvalue weighted by molar-refractivity contribution is -0.117. The molecule has 0 fully saturated rings. The summed E-state index contributed by atoms with van der Waals surface area (Å²) in [5, 5.41) is 12.2. The van der Waals surface area contributed by atoms with E-state index < -0.39 is 6.04 Å². The zero-order valence-corrected chi connectivity index (χ0v) is 11.6. The first-order valence-electron chi connectivity index (χ1n) is 5.70. The van der Waals surface area contributed by atoms with Gasteiger partial charge < -0.3 is 16.2 Å². The first-order valence-corrected chi connectivity index (χ1v) is 6.45. The molecule has 0 aliphatic heterocycles. The smallest absolute Gasteiger partial charge is 0.241 e. The number of benzene rings is 1. The monoisotopic (exact) mass is 290 g/mol. The second kappa shape index (κ2) is 6.83. The van der Waals surface area contributed by atoms with Gasteiger partial charge in [0.1, 0.15) is 0 Å². The lowest BCUT2D eigenvalue weighted by atomic mass is 10.1. The first kappa shape index (κ1) is 15.1. The topological polar surface area (TPSA) is 75.4 Å². The maximum Gasteiger partial charge on any atom is 0.241 e. The van der Waals surface area contributed by atoms with E-state index in [0.717, 1.165) is 12.8 Å². The number of phenols is 1. The van der Waals surface area contributed by atoms with Crippen LogP contribution >= 0.6 is 23.2 Å². The summed E-state index contributed by atoms with van der Waals surface area (Å²) in [5.74, 6) is -0.493. The molecule has 6 heteroatoms. The van der Waals surface area contributed by atoms with Crippen molar-refractivity contribution in [2.45, 2.75) is 32.2 Å². The minimum Gasteiger partial charge on any atom is -0.505 e. The number of nitrogens with one attached hydrogen (secondary N) is 1. The lowest BCUT2D eigenvalue weighted by Crippen LogP contribution is -2.35. The third-order valence-electron chi connectivity index (χ3n) is 2.49. The van der Waals surface area contributed by atoms with E-state index in [1.165, 1.54) is 12.1 Å². The molecule has 0 saturated carbocycles. The molecular weight excluding hydrogens is 275 g/mol. The summed E-state index contributed by atoms with van der Waals surface area (Å²) in [5.41, 5.74) is 6.15. The Morgan fingerprint density at radius 1 is 1.44 bits per heavy atom. The normalized spacial score (nSPS) is 12.2. The molecule has 0 bridgehead atoms. The van der Waals surface area contributed by atoms with Crippen LogP contribution in [0, 0.1) is 0 Å². The van der Waals surface area contributed by atoms with E-state index in [4.69, 9.17) is 28.9 Å². The van der Waals surface area contributed by atoms with Crippen LogP contribution in [0.25, 0.3) is 0 Å². The van der Waals surface area contributed by atoms with Gasteiger partial charge in [0.15, 0.2) is 5.75 Å². The predicted octanol–water partition coefficient (Wildman–Crippen LogP) is 3.16. The van der Waals surface area contributed by atoms with Gasteiger partial charge in [0, 0.05) is 5.69 Å². The van der Waals surface area contributed by atoms with E-state index in [0.29, 0.717) is 12.1 Å². The average molecular weight is 291 g/mol. The SMILES string of the molecule is CCCC[C@H](N)C(=O)Nc1cc(Cl)c(O)c(Cl)c1. The van der Waals surface area contributed by atoms with Crippen LogP contribution in [0.5, 0.6) is 5.75 Å². The van der Waals surface area contributed by atoms with Gasteiger partial charge in [-0.05, 0) is 18.6 Å². The van der Waals surface area contributed by atoms with Crippen LogP contribution in [0.1, 0.15) is 26.2 Å². The molecule has 1 aromatic rings. The summed E-state index contributed by atoms with van der Waals surface area (Å²) < 4.78 is 0. The fourth-order valence-electron chi connectivity index (χ4n) is 1.43. The van der Waals surface area contributed by atoms with E-state index in [1.807, 2.05) is 6.92 Å². The van der Waals surface area contributed by atoms with Gasteiger partial charge in [0.25, 0.3) is 0 Å². The second-order valence-electron chi connectivity index (χ2n) is 4.03. The van der Waals surface area contributed by atoms with E-state index in [1.54, 1.807) is 0 Å². The van der Waals surface area contributed by atoms with Crippen molar-refractivity contribution in [2.75, 3.05) is 5.32 Å². The van der Waals surface area contributed by atoms with Crippen molar-refractivity contribution in [1.29, 1.82) is 0 Å². The molecule has 4 N–H and O–H groups in total. The van der Waals surface area contributed by atoms with Gasteiger partial charge in [-0.3, -0.25) is 4.79 Å². The first-order chi connectivity index (χ1) is 8.45. The molecule has 4 nitrogen and oxygen atoms in total. The summed E-state index contributed by atoms with van der Waals surface area (Å²) in [6.07, 6.45) is 2.51. The van der Waals surface area contributed by atoms with E-state index in [2.05, 4.69) is 5.32 Å². The van der Waals surface area contributed by atoms with Crippen molar-refractivity contribution in [3.05, 3.63) is 22.2 Å². The molecule has 1 aromatic carbocycles. The van der Waals surface area contributed by atoms with Gasteiger partial charge in [-0.25, -0.2) is 0 Å². The second-order valence-corrected chi connectivity index (χ2v) is 4.84. The predicted molar refractivity (Wildman–Crippen MR) is 74.3 cm³/mol. The highest BCUT2D eigenvalue weighted by atomic mass is 35.5. The Morgan fingerprint density at radius 2 is 2.00 bits per heavy atom. The quantitative estimate of drug-likeness (QED) is 0.729. The molecule has 0 aliphatic rings. The summed E-state index contributed by atoms with van der Waals surface area (Å²) in [7, 11) is 0. The molecular formula is C12H16Cl2N2O2. The maximum atomic E-state index is 11.7. The zero-order valence-electron chi connectivity index (χ0n) is 10.0. The van der Waals surface area contributed by atoms with Gasteiger partial charge >= 0.3 is 0 Å². The van der Waals surface area contributed by atoms with E-state index in [9.17, 15) is 9.90 Å². The Kier molecular flexibility index (Phi) is 5.72. The fraction of sp³-hybridized carbons (Fsp3) is 0.417. The molecule has 100 valence electrons. The molecule has 0 heterocycles. The van der Waals surface area contributed by atoms with Crippen LogP contribution < -0.4 is 11.1 Å². The molecule has 0 unspecified atom stereocenters. The maximum absolute atomic E-state index is 11.7. The van der Waals surface area contributed by atoms with Crippen LogP contribution in [0.15, 0.2) is 12.1 Å². The molecule has 0 aromatic heterocycles. The average Bonchev–Trinajstić information content (AvgIpc) is 2.32. The minimum atomic E-state index is -0.559. The minimum absolute atomic E-state index is 0.0833. The number of amides is 1. The number of hydrogen-bond donors (Lipinski definition) is 3. The van der Waals surface area contributed by atoms with Crippen LogP contribution in [0.3, 0.4) is 0 Å². The molecule has 1 atom stereocenters. The molecule has 18 heavy (non-hydrogen) atoms. The van der Waals surface area contributed by atoms with Gasteiger partial charge in [-0.1, -0.05) is 43.0 Å². The molecule has 0 saturated heterocycles. The highest BCUT2D eigenvalue weighted by molar-refractivity contribution is 6.37. The number of anilines is 1. The molecule has 0 radical (unpaired) electrons. The van der Waals surface area contributed by atoms with Gasteiger partial charge in [0.2, 0.25) is 5.91 Å². The van der Waals surface area contributed by atoms with Gasteiger partial charge in [-0.2, -0.15) is 0 Å². The molecule has 1 amide bonds. The fourth-order valence-corrected chi connectivity index (χ4v) is 1.91. The Hall–Kier alpha value is -0.970. The highest BCUT2D eigenvalue weighted by Crippen LogP contribution is 2.34. The Labute approximate surface area is 116 Å². The number of phenolic OH excluding ortho intramolecular Hbond substituents is 1. The molecule has 0 spiro atoms. The number of halogens is 2. The zero-order chi connectivity index (χ0) is 13.7. The summed E-state index contributed by atoms with van der Waals surface area (Å²) in [4.78, 5) is 11.7. The summed E-state index contributed by atoms with van der Waals surface area (Å²) in [6, 6.07) is 2.29. The van der Waals surface area contributed by atoms with Crippen LogP contribution in [0.2, 0.25) is 10.0 Å². The van der Waals surface area contributed by atoms with Crippen molar-refractivity contribution in [1.82, 2.24) is 0 Å². The van der Waals surface area contributed by atoms with Crippen molar-refractivity contribution < 1.29 is 9.90 Å². The standard InChI is InChI=1S/C12H16Cl2N2O2/c1-2-3-4-10(15)12(18)16-7-5-8(13)11(17)9(14)6-7/h5-6,10,17H,2-4,15H2,1H3,(H,16,18)/t10-/m0/s1. The molecule has 1 rings (SSSR count). The third-order valence-corrected chi connectivity index (χ3v) is 3.07. The summed E-state index contributed by atoms with van der Waals surface area (Å²) in [6.45, 7) is 2.03. The van der Waals surface area contributed by atoms with Crippen molar-refractivity contribution in [3.8, 4) is 5.75 Å². The largest absolute Gasteiger partial charge is 0.505 e. The van der Waals surface area contributed by atoms with Gasteiger partial charge in [0.05, 0.1) is 16.1 Å². The van der Waals surface area contributed by atoms with Crippen molar-refractivity contribution in [3.63, 3.8) is 0 Å². The van der Waals surface area contributed by atoms with Crippen LogP contribution in [-0.2, 0) is 4.79 Å². The number of aromatic hydroxyl groups is 1. The third kappa shape index (κ3) is 4.05. The number of nitrogens with two attached hydrogens (primary N) is 1. The van der Waals surface area contributed by atoms with Gasteiger partial charge in [-0.15, -0.1) is 0 Å². The van der Waals surface area contributed by atoms with Crippen molar-refractivity contribution in [2.24, 2.45) is 5.73 Å². The Bertz CT molecular complexity index is 415. The number of carbonyl (C=O) groups excluding carboxylic acids is 1. The number of hydrogen-bond acceptors (Lipinski definition) is 3. The number of carbonyl (C=O) groups is 1. The number of unbranched alkanes of at least 4 members (excludes halogenated alkanes) is 1. The highest BCUT2D eigenvalue weighted by Gasteiger charge is 2.14. The number of rotatable bonds is 5. The Morgan fingerprint density at radius 3 is 2.50 bits per heavy atom. The van der Waals surface area contributed by atoms with Crippen molar-refractivity contribution >= 4 is 34.8 Å². The van der Waals surface area contributed by atoms with Crippen LogP contribution in [0.4, 0.5) is 5.69 Å². The van der Waals surface area contributed by atoms with Crippen LogP contribution in [-0.4, -0.2) is 17.1 Å². The Balaban J connectivity index is 2.70. The lowest BCUT2D eigenvalue weighted by Gasteiger charge is -2.12. The molecule has 0 aliphatic carbocycles. The summed E-state index contributed by atoms with van der Waals surface area (Å²) >= 11 is 11.5. The van der Waals surface area contributed by atoms with E-state index >= 15 is 0 Å².